The maximum absolute atomic E-state index is 5.89. The van der Waals surface area contributed by atoms with E-state index >= 15 is 0 Å². The Morgan fingerprint density at radius 2 is 1.69 bits per heavy atom. The van der Waals surface area contributed by atoms with Crippen molar-refractivity contribution in [3.05, 3.63) is 65.8 Å². The van der Waals surface area contributed by atoms with Gasteiger partial charge in [-0.3, -0.25) is 0 Å². The maximum atomic E-state index is 5.89. The largest absolute Gasteiger partial charge is 0.497 e. The molecule has 0 aliphatic rings. The molecule has 0 amide bonds. The first kappa shape index (κ1) is 17.8. The summed E-state index contributed by atoms with van der Waals surface area (Å²) in [5.74, 6) is 2.81. The highest BCUT2D eigenvalue weighted by Crippen LogP contribution is 2.18. The zero-order valence-corrected chi connectivity index (χ0v) is 15.0. The lowest BCUT2D eigenvalue weighted by atomic mass is 10.3. The van der Waals surface area contributed by atoms with Crippen LogP contribution in [0.1, 0.15) is 0 Å². The summed E-state index contributed by atoms with van der Waals surface area (Å²) in [7, 11) is 1.63. The number of aromatic nitrogens is 2. The fraction of sp³-hybridized carbons (Fsp3) is 0.158. The molecule has 0 fully saturated rings. The molecular formula is C19H19ClN4O2. The van der Waals surface area contributed by atoms with Gasteiger partial charge >= 0.3 is 0 Å². The minimum absolute atomic E-state index is 0.491. The minimum atomic E-state index is 0.491. The van der Waals surface area contributed by atoms with Crippen molar-refractivity contribution < 1.29 is 9.47 Å². The van der Waals surface area contributed by atoms with Gasteiger partial charge in [-0.15, -0.1) is 0 Å². The summed E-state index contributed by atoms with van der Waals surface area (Å²) in [6.45, 7) is 1.07. The molecule has 0 spiro atoms. The summed E-state index contributed by atoms with van der Waals surface area (Å²) >= 11 is 5.89. The number of anilines is 3. The molecule has 0 bridgehead atoms. The Bertz CT molecular complexity index is 826. The second kappa shape index (κ2) is 8.92. The topological polar surface area (TPSA) is 68.3 Å². The van der Waals surface area contributed by atoms with Crippen LogP contribution in [0, 0.1) is 0 Å². The van der Waals surface area contributed by atoms with Crippen molar-refractivity contribution in [1.29, 1.82) is 0 Å². The van der Waals surface area contributed by atoms with Crippen molar-refractivity contribution in [3.63, 3.8) is 0 Å². The second-order valence-corrected chi connectivity index (χ2v) is 5.78. The number of nitrogens with zero attached hydrogens (tertiary/aromatic N) is 2. The highest BCUT2D eigenvalue weighted by molar-refractivity contribution is 6.30. The number of hydrogen-bond donors (Lipinski definition) is 2. The molecule has 0 radical (unpaired) electrons. The molecule has 0 unspecified atom stereocenters. The number of ether oxygens (including phenoxy) is 2. The fourth-order valence-corrected chi connectivity index (χ4v) is 2.32. The molecule has 0 atom stereocenters. The normalized spacial score (nSPS) is 10.2. The number of halogens is 1. The number of benzene rings is 2. The maximum Gasteiger partial charge on any atom is 0.224 e. The lowest BCUT2D eigenvalue weighted by Gasteiger charge is -2.10. The third-order valence-corrected chi connectivity index (χ3v) is 3.74. The Kier molecular flexibility index (Phi) is 6.11. The Balaban J connectivity index is 1.48. The van der Waals surface area contributed by atoms with E-state index in [4.69, 9.17) is 21.1 Å². The van der Waals surface area contributed by atoms with Gasteiger partial charge in [-0.25, -0.2) is 4.98 Å². The van der Waals surface area contributed by atoms with Crippen LogP contribution < -0.4 is 20.1 Å². The molecule has 1 aromatic heterocycles. The molecule has 3 rings (SSSR count). The number of rotatable bonds is 8. The third kappa shape index (κ3) is 5.26. The van der Waals surface area contributed by atoms with Crippen molar-refractivity contribution in [2.24, 2.45) is 0 Å². The predicted molar refractivity (Wildman–Crippen MR) is 104 cm³/mol. The molecular weight excluding hydrogens is 352 g/mol. The molecule has 26 heavy (non-hydrogen) atoms. The van der Waals surface area contributed by atoms with Gasteiger partial charge in [-0.2, -0.15) is 4.98 Å². The van der Waals surface area contributed by atoms with Crippen molar-refractivity contribution in [3.8, 4) is 11.5 Å². The van der Waals surface area contributed by atoms with Gasteiger partial charge in [0.25, 0.3) is 0 Å². The zero-order valence-electron chi connectivity index (χ0n) is 14.3. The fourth-order valence-electron chi connectivity index (χ4n) is 2.20. The van der Waals surface area contributed by atoms with E-state index < -0.39 is 0 Å². The van der Waals surface area contributed by atoms with E-state index in [1.165, 1.54) is 0 Å². The Morgan fingerprint density at radius 1 is 0.962 bits per heavy atom. The van der Waals surface area contributed by atoms with E-state index in [-0.39, 0.29) is 0 Å². The smallest absolute Gasteiger partial charge is 0.224 e. The molecule has 2 aromatic carbocycles. The van der Waals surface area contributed by atoms with Crippen molar-refractivity contribution in [2.75, 3.05) is 30.9 Å². The van der Waals surface area contributed by atoms with Gasteiger partial charge in [0.05, 0.1) is 13.7 Å². The molecule has 7 heteroatoms. The molecule has 0 saturated heterocycles. The van der Waals surface area contributed by atoms with Gasteiger partial charge in [0.2, 0.25) is 5.95 Å². The Labute approximate surface area is 157 Å². The zero-order chi connectivity index (χ0) is 18.2. The van der Waals surface area contributed by atoms with Gasteiger partial charge in [0.15, 0.2) is 0 Å². The number of nitrogens with one attached hydrogen (secondary N) is 2. The van der Waals surface area contributed by atoms with Crippen LogP contribution in [0.2, 0.25) is 5.02 Å². The van der Waals surface area contributed by atoms with Crippen LogP contribution in [0.5, 0.6) is 11.5 Å². The first-order valence-electron chi connectivity index (χ1n) is 8.09. The third-order valence-electron chi connectivity index (χ3n) is 3.49. The number of methoxy groups -OCH3 is 1. The van der Waals surface area contributed by atoms with E-state index in [0.717, 1.165) is 17.2 Å². The first-order chi connectivity index (χ1) is 12.7. The van der Waals surface area contributed by atoms with Crippen LogP contribution in [0.3, 0.4) is 0 Å². The van der Waals surface area contributed by atoms with Gasteiger partial charge < -0.3 is 20.1 Å². The van der Waals surface area contributed by atoms with Crippen LogP contribution in [0.25, 0.3) is 0 Å². The molecule has 2 N–H and O–H groups in total. The lowest BCUT2D eigenvalue weighted by Crippen LogP contribution is -2.13. The highest BCUT2D eigenvalue weighted by Gasteiger charge is 2.01. The monoisotopic (exact) mass is 370 g/mol. The molecule has 1 heterocycles. The van der Waals surface area contributed by atoms with Crippen LogP contribution in [0.4, 0.5) is 17.5 Å². The van der Waals surface area contributed by atoms with Gasteiger partial charge in [0, 0.05) is 16.9 Å². The lowest BCUT2D eigenvalue weighted by molar-refractivity contribution is 0.331. The minimum Gasteiger partial charge on any atom is -0.497 e. The summed E-state index contributed by atoms with van der Waals surface area (Å²) in [5.41, 5.74) is 0.905. The van der Waals surface area contributed by atoms with E-state index in [1.807, 2.05) is 48.5 Å². The average Bonchev–Trinajstić information content (AvgIpc) is 2.68. The second-order valence-electron chi connectivity index (χ2n) is 5.35. The van der Waals surface area contributed by atoms with Crippen LogP contribution in [-0.4, -0.2) is 30.2 Å². The summed E-state index contributed by atoms with van der Waals surface area (Å²) < 4.78 is 10.8. The predicted octanol–water partition coefficient (Wildman–Crippen LogP) is 4.37. The van der Waals surface area contributed by atoms with Crippen LogP contribution in [0.15, 0.2) is 60.8 Å². The molecule has 3 aromatic rings. The standard InChI is InChI=1S/C19H19ClN4O2/c1-25-16-6-8-17(9-7-16)26-13-12-22-19-21-11-10-18(24-19)23-15-4-2-14(20)3-5-15/h2-11H,12-13H2,1H3,(H2,21,22,23,24). The van der Waals surface area contributed by atoms with Crippen molar-refractivity contribution in [1.82, 2.24) is 9.97 Å². The van der Waals surface area contributed by atoms with E-state index in [0.29, 0.717) is 29.9 Å². The van der Waals surface area contributed by atoms with Crippen molar-refractivity contribution >= 4 is 29.1 Å². The van der Waals surface area contributed by atoms with E-state index in [1.54, 1.807) is 19.4 Å². The molecule has 134 valence electrons. The average molecular weight is 371 g/mol. The van der Waals surface area contributed by atoms with Gasteiger partial charge in [-0.1, -0.05) is 11.6 Å². The van der Waals surface area contributed by atoms with E-state index in [9.17, 15) is 0 Å². The summed E-state index contributed by atoms with van der Waals surface area (Å²) in [6, 6.07) is 16.7. The molecule has 0 aliphatic carbocycles. The Hall–Kier alpha value is -2.99. The Morgan fingerprint density at radius 3 is 2.42 bits per heavy atom. The summed E-state index contributed by atoms with van der Waals surface area (Å²) in [5, 5.41) is 7.04. The SMILES string of the molecule is COc1ccc(OCCNc2nccc(Nc3ccc(Cl)cc3)n2)cc1. The first-order valence-corrected chi connectivity index (χ1v) is 8.47. The highest BCUT2D eigenvalue weighted by atomic mass is 35.5. The summed E-state index contributed by atoms with van der Waals surface area (Å²) in [6.07, 6.45) is 1.69. The van der Waals surface area contributed by atoms with E-state index in [2.05, 4.69) is 20.6 Å². The van der Waals surface area contributed by atoms with Crippen LogP contribution in [-0.2, 0) is 0 Å². The quantitative estimate of drug-likeness (QED) is 0.574. The number of hydrogen-bond acceptors (Lipinski definition) is 6. The van der Waals surface area contributed by atoms with Crippen LogP contribution >= 0.6 is 11.6 Å². The van der Waals surface area contributed by atoms with Gasteiger partial charge in [-0.05, 0) is 54.6 Å². The molecule has 0 aliphatic heterocycles. The molecule has 6 nitrogen and oxygen atoms in total. The van der Waals surface area contributed by atoms with Crippen molar-refractivity contribution in [2.45, 2.75) is 0 Å². The summed E-state index contributed by atoms with van der Waals surface area (Å²) in [4.78, 5) is 8.63. The molecule has 0 saturated carbocycles. The van der Waals surface area contributed by atoms with Gasteiger partial charge in [0.1, 0.15) is 23.9 Å².